The summed E-state index contributed by atoms with van der Waals surface area (Å²) in [5.74, 6) is 0. The Hall–Kier alpha value is 2.85. The Labute approximate surface area is 131 Å². The zero-order chi connectivity index (χ0) is 2.71. The van der Waals surface area contributed by atoms with Gasteiger partial charge in [0.2, 0.25) is 0 Å². The van der Waals surface area contributed by atoms with Crippen molar-refractivity contribution in [1.29, 1.82) is 0 Å². The molecule has 0 saturated heterocycles. The largest absolute Gasteiger partial charge is 2.00 e. The van der Waals surface area contributed by atoms with Crippen LogP contribution in [0, 0.1) is 77.1 Å². The second kappa shape index (κ2) is 71.1. The van der Waals surface area contributed by atoms with Gasteiger partial charge in [0.15, 0.2) is 0 Å². The van der Waals surface area contributed by atoms with Crippen LogP contribution in [0.4, 0.5) is 0 Å². The second-order valence-electron chi connectivity index (χ2n) is 0.0913. The van der Waals surface area contributed by atoms with Gasteiger partial charge >= 0.3 is 31.1 Å². The first-order chi connectivity index (χ1) is 1.41. The van der Waals surface area contributed by atoms with E-state index >= 15 is 0 Å². The first-order valence-corrected chi connectivity index (χ1v) is 0.428. The third-order valence-corrected chi connectivity index (χ3v) is 0. The number of hydrogen-bond donors (Lipinski definition) is 1. The van der Waals surface area contributed by atoms with Crippen molar-refractivity contribution in [3.05, 3.63) is 14.9 Å². The first kappa shape index (κ1) is 59.3. The maximum atomic E-state index is 8.24. The molecule has 0 saturated carbocycles. The van der Waals surface area contributed by atoms with E-state index in [0.29, 0.717) is 6.47 Å². The van der Waals surface area contributed by atoms with Gasteiger partial charge in [-0.15, -0.1) is 0 Å². The third kappa shape index (κ3) is 105. The molecular weight excluding hydrogens is 779 g/mol. The van der Waals surface area contributed by atoms with Crippen molar-refractivity contribution in [2.24, 2.45) is 0 Å². The molecule has 6 heteroatoms. The molecule has 51 valence electrons. The minimum Gasteiger partial charge on any atom is -0.665 e. The van der Waals surface area contributed by atoms with E-state index in [4.69, 9.17) is 9.90 Å². The molecule has 0 aliphatic carbocycles. The average Bonchev–Trinajstić information content (AvgIpc) is 0.918. The maximum absolute atomic E-state index is 8.24. The van der Waals surface area contributed by atoms with Crippen LogP contribution in [0.1, 0.15) is 0 Å². The molecule has 1 N–H and O–H groups in total. The fourth-order valence-electron chi connectivity index (χ4n) is 0. The smallest absolute Gasteiger partial charge is 0.665 e. The van der Waals surface area contributed by atoms with Crippen LogP contribution < -0.4 is 0 Å². The van der Waals surface area contributed by atoms with Gasteiger partial charge in [0, 0.05) is 70.7 Å². The Morgan fingerprint density at radius 2 is 1.22 bits per heavy atom. The summed E-state index contributed by atoms with van der Waals surface area (Å²) >= 11 is 0. The van der Waals surface area contributed by atoms with Crippen LogP contribution in [0.2, 0.25) is 0 Å². The number of hydrogen-bond acceptors (Lipinski definition) is 1. The first-order valence-electron chi connectivity index (χ1n) is 0.428. The molecular formula is C3H7O2U2VW-. The van der Waals surface area contributed by atoms with E-state index in [1.807, 2.05) is 0 Å². The predicted octanol–water partition coefficient (Wildman–Crippen LogP) is 0.507. The van der Waals surface area contributed by atoms with Crippen molar-refractivity contribution in [3.8, 4) is 0 Å². The van der Waals surface area contributed by atoms with Gasteiger partial charge in [-0.3, -0.25) is 0 Å². The molecule has 0 fully saturated rings. The molecule has 0 rings (SSSR count). The van der Waals surface area contributed by atoms with Gasteiger partial charge < -0.3 is 24.8 Å². The van der Waals surface area contributed by atoms with Gasteiger partial charge in [0.25, 0.3) is 0 Å². The Morgan fingerprint density at radius 3 is 1.22 bits per heavy atom. The predicted molar refractivity (Wildman–Crippen MR) is 21.2 cm³/mol. The molecule has 0 aliphatic heterocycles. The van der Waals surface area contributed by atoms with Crippen LogP contribution in [0.5, 0.6) is 0 Å². The molecule has 1 radical (unpaired) electrons. The Kier molecular flexibility index (Phi) is 469. The van der Waals surface area contributed by atoms with E-state index in [9.17, 15) is 0 Å². The Bertz CT molecular complexity index is 27.3. The molecule has 9 heavy (non-hydrogen) atoms. The SMILES string of the molecule is O=[C-]O.[CH3-].[CH3-].[U+2].[U].[V].[W]. The second-order valence-corrected chi connectivity index (χ2v) is 0.0913. The molecule has 0 aromatic heterocycles. The van der Waals surface area contributed by atoms with Crippen molar-refractivity contribution in [2.75, 3.05) is 0 Å². The zero-order valence-corrected chi connectivity index (χ0v) is 17.9. The monoisotopic (exact) mass is 786 g/mol. The summed E-state index contributed by atoms with van der Waals surface area (Å²) in [4.78, 5) is 8.24. The van der Waals surface area contributed by atoms with Crippen LogP contribution >= 0.6 is 0 Å². The average molecular weight is 786 g/mol. The molecule has 0 unspecified atom stereocenters. The minimum atomic E-state index is 0. The van der Waals surface area contributed by atoms with Crippen molar-refractivity contribution >= 4 is 6.47 Å². The molecule has 0 atom stereocenters. The quantitative estimate of drug-likeness (QED) is 0.364. The van der Waals surface area contributed by atoms with Crippen molar-refractivity contribution in [1.82, 2.24) is 0 Å². The van der Waals surface area contributed by atoms with Gasteiger partial charge in [-0.2, -0.15) is 0 Å². The van der Waals surface area contributed by atoms with Gasteiger partial charge in [0.1, 0.15) is 0 Å². The van der Waals surface area contributed by atoms with Gasteiger partial charge in [-0.05, 0) is 0 Å². The van der Waals surface area contributed by atoms with Gasteiger partial charge in [0.05, 0.1) is 0 Å². The molecule has 0 aliphatic rings. The summed E-state index contributed by atoms with van der Waals surface area (Å²) in [5.41, 5.74) is 0. The summed E-state index contributed by atoms with van der Waals surface area (Å²) in [7, 11) is 0. The van der Waals surface area contributed by atoms with Crippen molar-refractivity contribution in [3.63, 3.8) is 0 Å². The maximum Gasteiger partial charge on any atom is 2.00 e. The molecule has 2 nitrogen and oxygen atoms in total. The Balaban J connectivity index is -0.00000000133. The molecule has 0 spiro atoms. The van der Waals surface area contributed by atoms with E-state index in [1.165, 1.54) is 0 Å². The Morgan fingerprint density at radius 1 is 1.22 bits per heavy atom. The van der Waals surface area contributed by atoms with Gasteiger partial charge in [-0.1, -0.05) is 6.47 Å². The fourth-order valence-corrected chi connectivity index (χ4v) is 0. The molecule has 0 aromatic rings. The standard InChI is InChI=1S/CHO2.2CH3.2U.V.W/c2-1-3;;;;;;/h(H,2,3);2*1H3;;;;/q3*-1;;+2;;. The van der Waals surface area contributed by atoms with E-state index in [0.717, 1.165) is 0 Å². The summed E-state index contributed by atoms with van der Waals surface area (Å²) in [6.45, 7) is 0.500. The summed E-state index contributed by atoms with van der Waals surface area (Å²) < 4.78 is 0. The van der Waals surface area contributed by atoms with E-state index < -0.39 is 0 Å². The number of aliphatic hydroxyl groups excluding tert-OH is 1. The van der Waals surface area contributed by atoms with Crippen LogP contribution in [0.15, 0.2) is 0 Å². The number of rotatable bonds is 0. The van der Waals surface area contributed by atoms with Crippen LogP contribution in [0.25, 0.3) is 0 Å². The van der Waals surface area contributed by atoms with Gasteiger partial charge in [-0.25, -0.2) is 0 Å². The summed E-state index contributed by atoms with van der Waals surface area (Å²) in [5, 5.41) is 6.76. The van der Waals surface area contributed by atoms with Crippen molar-refractivity contribution < 1.29 is 112 Å². The summed E-state index contributed by atoms with van der Waals surface area (Å²) in [6.07, 6.45) is 0. The minimum absolute atomic E-state index is 0. The van der Waals surface area contributed by atoms with Crippen LogP contribution in [0.3, 0.4) is 0 Å². The molecule has 0 heterocycles. The molecule has 0 bridgehead atoms. The third-order valence-electron chi connectivity index (χ3n) is 0. The van der Waals surface area contributed by atoms with E-state index in [2.05, 4.69) is 0 Å². The van der Waals surface area contributed by atoms with Crippen molar-refractivity contribution in [2.45, 2.75) is 0 Å². The normalized spacial score (nSPS) is 1.33. The molecule has 0 aromatic carbocycles. The fraction of sp³-hybridized carbons (Fsp3) is 0. The van der Waals surface area contributed by atoms with E-state index in [-0.39, 0.29) is 117 Å². The topological polar surface area (TPSA) is 37.3 Å². The van der Waals surface area contributed by atoms with E-state index in [1.54, 1.807) is 0 Å². The van der Waals surface area contributed by atoms with Crippen LogP contribution in [-0.2, 0) is 44.4 Å². The molecule has 0 amide bonds. The van der Waals surface area contributed by atoms with Crippen LogP contribution in [-0.4, -0.2) is 11.6 Å². The summed E-state index contributed by atoms with van der Waals surface area (Å²) in [6, 6.07) is 0. The zero-order valence-electron chi connectivity index (χ0n) is 5.21.